The largest absolute Gasteiger partial charge is 0.436 e. The molecule has 0 aliphatic heterocycles. The molecule has 18 heavy (non-hydrogen) atoms. The number of hydrogen-bond acceptors (Lipinski definition) is 2. The molecule has 2 nitrogen and oxygen atoms in total. The summed E-state index contributed by atoms with van der Waals surface area (Å²) >= 11 is 6.02. The normalized spacial score (nSPS) is 11.1. The molecule has 0 saturated carbocycles. The van der Waals surface area contributed by atoms with Crippen LogP contribution in [0.5, 0.6) is 0 Å². The fraction of sp³-hybridized carbons (Fsp3) is 0.133. The molecule has 3 rings (SSSR count). The summed E-state index contributed by atoms with van der Waals surface area (Å²) in [5, 5.41) is 0.684. The maximum absolute atomic E-state index is 6.02. The average Bonchev–Trinajstić information content (AvgIpc) is 2.73. The predicted octanol–water partition coefficient (Wildman–Crippen LogP) is 4.77. The van der Waals surface area contributed by atoms with Crippen LogP contribution >= 0.6 is 11.6 Å². The van der Waals surface area contributed by atoms with Gasteiger partial charge in [-0.25, -0.2) is 4.98 Å². The van der Waals surface area contributed by atoms with Crippen molar-refractivity contribution in [1.29, 1.82) is 0 Å². The highest BCUT2D eigenvalue weighted by Gasteiger charge is 2.10. The van der Waals surface area contributed by atoms with Gasteiger partial charge < -0.3 is 4.42 Å². The van der Waals surface area contributed by atoms with E-state index in [-0.39, 0.29) is 0 Å². The summed E-state index contributed by atoms with van der Waals surface area (Å²) in [6.07, 6.45) is 0. The Kier molecular flexibility index (Phi) is 2.60. The number of benzene rings is 2. The van der Waals surface area contributed by atoms with Crippen molar-refractivity contribution in [2.45, 2.75) is 13.8 Å². The number of oxazole rings is 1. The highest BCUT2D eigenvalue weighted by atomic mass is 35.5. The molecule has 0 aliphatic carbocycles. The molecule has 0 atom stereocenters. The molecule has 1 aromatic heterocycles. The molecule has 90 valence electrons. The Morgan fingerprint density at radius 2 is 1.94 bits per heavy atom. The molecule has 2 aromatic carbocycles. The quantitative estimate of drug-likeness (QED) is 0.628. The summed E-state index contributed by atoms with van der Waals surface area (Å²) in [4.78, 5) is 4.49. The number of aryl methyl sites for hydroxylation is 2. The molecular formula is C15H12ClNO. The Morgan fingerprint density at radius 1 is 1.11 bits per heavy atom. The van der Waals surface area contributed by atoms with Crippen LogP contribution in [0.15, 0.2) is 40.8 Å². The van der Waals surface area contributed by atoms with E-state index < -0.39 is 0 Å². The van der Waals surface area contributed by atoms with E-state index in [0.717, 1.165) is 22.2 Å². The first-order valence-corrected chi connectivity index (χ1v) is 6.15. The molecule has 3 heteroatoms. The summed E-state index contributed by atoms with van der Waals surface area (Å²) in [5.74, 6) is 0.638. The first kappa shape index (κ1) is 11.3. The van der Waals surface area contributed by atoms with Crippen molar-refractivity contribution in [3.63, 3.8) is 0 Å². The Bertz CT molecular complexity index is 730. The van der Waals surface area contributed by atoms with Gasteiger partial charge in [0.15, 0.2) is 5.58 Å². The van der Waals surface area contributed by atoms with Crippen LogP contribution in [-0.4, -0.2) is 4.98 Å². The van der Waals surface area contributed by atoms with Crippen molar-refractivity contribution in [2.75, 3.05) is 0 Å². The Morgan fingerprint density at radius 3 is 2.72 bits per heavy atom. The van der Waals surface area contributed by atoms with Gasteiger partial charge in [0.2, 0.25) is 5.89 Å². The molecule has 0 fully saturated rings. The maximum Gasteiger partial charge on any atom is 0.227 e. The van der Waals surface area contributed by atoms with Crippen LogP contribution in [0.3, 0.4) is 0 Å². The van der Waals surface area contributed by atoms with E-state index >= 15 is 0 Å². The standard InChI is InChI=1S/C15H12ClNO/c1-9-4-3-5-11(6-9)15-17-13-8-12(16)7-10(2)14(13)18-15/h3-8H,1-2H3. The first-order valence-electron chi connectivity index (χ1n) is 5.77. The van der Waals surface area contributed by atoms with Gasteiger partial charge in [-0.05, 0) is 43.7 Å². The Hall–Kier alpha value is -1.80. The van der Waals surface area contributed by atoms with Crippen LogP contribution in [0, 0.1) is 13.8 Å². The number of rotatable bonds is 1. The summed E-state index contributed by atoms with van der Waals surface area (Å²) in [6, 6.07) is 11.8. The molecular weight excluding hydrogens is 246 g/mol. The van der Waals surface area contributed by atoms with Crippen LogP contribution in [0.2, 0.25) is 5.02 Å². The van der Waals surface area contributed by atoms with Crippen LogP contribution in [0.25, 0.3) is 22.6 Å². The Balaban J connectivity index is 2.22. The van der Waals surface area contributed by atoms with Gasteiger partial charge in [-0.1, -0.05) is 29.3 Å². The highest BCUT2D eigenvalue weighted by molar-refractivity contribution is 6.31. The van der Waals surface area contributed by atoms with Gasteiger partial charge in [0.25, 0.3) is 0 Å². The van der Waals surface area contributed by atoms with Gasteiger partial charge in [-0.15, -0.1) is 0 Å². The van der Waals surface area contributed by atoms with E-state index in [1.165, 1.54) is 5.56 Å². The maximum atomic E-state index is 6.02. The third kappa shape index (κ3) is 1.89. The lowest BCUT2D eigenvalue weighted by Crippen LogP contribution is -1.78. The number of hydrogen-bond donors (Lipinski definition) is 0. The lowest BCUT2D eigenvalue weighted by Gasteiger charge is -1.96. The lowest BCUT2D eigenvalue weighted by atomic mass is 10.1. The first-order chi connectivity index (χ1) is 8.63. The second kappa shape index (κ2) is 4.14. The number of halogens is 1. The molecule has 1 heterocycles. The summed E-state index contributed by atoms with van der Waals surface area (Å²) < 4.78 is 5.83. The van der Waals surface area contributed by atoms with Crippen molar-refractivity contribution in [1.82, 2.24) is 4.98 Å². The Labute approximate surface area is 110 Å². The van der Waals surface area contributed by atoms with Gasteiger partial charge in [-0.3, -0.25) is 0 Å². The zero-order chi connectivity index (χ0) is 12.7. The van der Waals surface area contributed by atoms with Gasteiger partial charge in [0, 0.05) is 10.6 Å². The van der Waals surface area contributed by atoms with Gasteiger partial charge >= 0.3 is 0 Å². The molecule has 0 spiro atoms. The number of nitrogens with zero attached hydrogens (tertiary/aromatic N) is 1. The SMILES string of the molecule is Cc1cccc(-c2nc3cc(Cl)cc(C)c3o2)c1. The molecule has 0 unspecified atom stereocenters. The molecule has 0 aliphatic rings. The molecule has 3 aromatic rings. The zero-order valence-corrected chi connectivity index (χ0v) is 11.0. The molecule has 0 radical (unpaired) electrons. The van der Waals surface area contributed by atoms with Gasteiger partial charge in [0.1, 0.15) is 5.52 Å². The van der Waals surface area contributed by atoms with Gasteiger partial charge in [0.05, 0.1) is 0 Å². The summed E-state index contributed by atoms with van der Waals surface area (Å²) in [5.41, 5.74) is 4.78. The fourth-order valence-electron chi connectivity index (χ4n) is 2.06. The molecule has 0 saturated heterocycles. The van der Waals surface area contributed by atoms with Gasteiger partial charge in [-0.2, -0.15) is 0 Å². The fourth-order valence-corrected chi connectivity index (χ4v) is 2.33. The molecule has 0 bridgehead atoms. The zero-order valence-electron chi connectivity index (χ0n) is 10.2. The van der Waals surface area contributed by atoms with Crippen molar-refractivity contribution < 1.29 is 4.42 Å². The second-order valence-corrected chi connectivity index (χ2v) is 4.90. The van der Waals surface area contributed by atoms with E-state index in [1.54, 1.807) is 0 Å². The minimum atomic E-state index is 0.638. The molecule has 0 amide bonds. The highest BCUT2D eigenvalue weighted by Crippen LogP contribution is 2.29. The smallest absolute Gasteiger partial charge is 0.227 e. The van der Waals surface area contributed by atoms with E-state index in [1.807, 2.05) is 44.2 Å². The van der Waals surface area contributed by atoms with E-state index in [9.17, 15) is 0 Å². The van der Waals surface area contributed by atoms with Crippen LogP contribution in [0.4, 0.5) is 0 Å². The van der Waals surface area contributed by atoms with E-state index in [0.29, 0.717) is 10.9 Å². The van der Waals surface area contributed by atoms with Crippen molar-refractivity contribution in [3.05, 3.63) is 52.5 Å². The summed E-state index contributed by atoms with van der Waals surface area (Å²) in [7, 11) is 0. The minimum Gasteiger partial charge on any atom is -0.436 e. The second-order valence-electron chi connectivity index (χ2n) is 4.46. The minimum absolute atomic E-state index is 0.638. The predicted molar refractivity (Wildman–Crippen MR) is 73.9 cm³/mol. The van der Waals surface area contributed by atoms with Crippen molar-refractivity contribution in [3.8, 4) is 11.5 Å². The molecule has 0 N–H and O–H groups in total. The van der Waals surface area contributed by atoms with Crippen LogP contribution < -0.4 is 0 Å². The van der Waals surface area contributed by atoms with E-state index in [2.05, 4.69) is 11.1 Å². The lowest BCUT2D eigenvalue weighted by molar-refractivity contribution is 0.617. The van der Waals surface area contributed by atoms with Crippen LogP contribution in [-0.2, 0) is 0 Å². The van der Waals surface area contributed by atoms with E-state index in [4.69, 9.17) is 16.0 Å². The van der Waals surface area contributed by atoms with Crippen molar-refractivity contribution in [2.24, 2.45) is 0 Å². The third-order valence-corrected chi connectivity index (χ3v) is 3.12. The van der Waals surface area contributed by atoms with Crippen LogP contribution in [0.1, 0.15) is 11.1 Å². The average molecular weight is 258 g/mol. The topological polar surface area (TPSA) is 26.0 Å². The van der Waals surface area contributed by atoms with Crippen molar-refractivity contribution >= 4 is 22.7 Å². The number of fused-ring (bicyclic) bond motifs is 1. The third-order valence-electron chi connectivity index (χ3n) is 2.91. The monoisotopic (exact) mass is 257 g/mol. The number of aromatic nitrogens is 1. The summed E-state index contributed by atoms with van der Waals surface area (Å²) in [6.45, 7) is 4.02.